The summed E-state index contributed by atoms with van der Waals surface area (Å²) in [6.45, 7) is 6.27. The first-order valence-corrected chi connectivity index (χ1v) is 8.06. The van der Waals surface area contributed by atoms with Crippen LogP contribution in [0.3, 0.4) is 0 Å². The van der Waals surface area contributed by atoms with E-state index in [0.29, 0.717) is 5.88 Å². The number of ether oxygens (including phenoxy) is 1. The molecule has 0 N–H and O–H groups in total. The molecule has 1 aromatic heterocycles. The quantitative estimate of drug-likeness (QED) is 0.731. The Balaban J connectivity index is 1.89. The van der Waals surface area contributed by atoms with Crippen LogP contribution >= 0.6 is 15.9 Å². The lowest BCUT2D eigenvalue weighted by atomic mass is 9.96. The zero-order chi connectivity index (χ0) is 15.0. The molecule has 0 unspecified atom stereocenters. The maximum Gasteiger partial charge on any atom is 0.223 e. The highest BCUT2D eigenvalue weighted by atomic mass is 79.9. The minimum atomic E-state index is -0.111. The van der Waals surface area contributed by atoms with E-state index in [4.69, 9.17) is 4.74 Å². The first-order valence-electron chi connectivity index (χ1n) is 7.26. The van der Waals surface area contributed by atoms with Gasteiger partial charge in [0.05, 0.1) is 0 Å². The van der Waals surface area contributed by atoms with Gasteiger partial charge in [-0.25, -0.2) is 4.98 Å². The predicted octanol–water partition coefficient (Wildman–Crippen LogP) is 4.82. The third kappa shape index (κ3) is 3.26. The van der Waals surface area contributed by atoms with Gasteiger partial charge in [0.1, 0.15) is 16.2 Å². The third-order valence-corrected chi connectivity index (χ3v) is 4.04. The molecule has 0 bridgehead atoms. The largest absolute Gasteiger partial charge is 0.439 e. The Morgan fingerprint density at radius 3 is 2.57 bits per heavy atom. The fraction of sp³-hybridized carbons (Fsp3) is 0.412. The van der Waals surface area contributed by atoms with Crippen molar-refractivity contribution in [2.24, 2.45) is 0 Å². The van der Waals surface area contributed by atoms with Crippen LogP contribution in [0.1, 0.15) is 44.1 Å². The van der Waals surface area contributed by atoms with Crippen LogP contribution in [0.25, 0.3) is 0 Å². The summed E-state index contributed by atoms with van der Waals surface area (Å²) in [7, 11) is 0. The van der Waals surface area contributed by atoms with Gasteiger partial charge in [-0.05, 0) is 58.5 Å². The molecule has 1 aromatic carbocycles. The summed E-state index contributed by atoms with van der Waals surface area (Å²) in [6.07, 6.45) is 3.57. The predicted molar refractivity (Wildman–Crippen MR) is 87.0 cm³/mol. The van der Waals surface area contributed by atoms with E-state index in [1.165, 1.54) is 24.0 Å². The first-order chi connectivity index (χ1) is 9.91. The summed E-state index contributed by atoms with van der Waals surface area (Å²) in [5.74, 6) is 2.20. The molecule has 110 valence electrons. The molecule has 0 atom stereocenters. The standard InChI is InChI=1S/C17H19BrN2O/c1-17(2,3)16-19-14(18)10-15(20-16)21-13-8-7-11-5-4-6-12(11)9-13/h7-10H,4-6H2,1-3H3. The van der Waals surface area contributed by atoms with Gasteiger partial charge in [0.25, 0.3) is 0 Å². The molecule has 0 spiro atoms. The van der Waals surface area contributed by atoms with Crippen LogP contribution in [0, 0.1) is 0 Å². The molecule has 1 heterocycles. The van der Waals surface area contributed by atoms with Gasteiger partial charge in [-0.3, -0.25) is 0 Å². The van der Waals surface area contributed by atoms with Crippen molar-refractivity contribution in [3.8, 4) is 11.6 Å². The molecule has 3 rings (SSSR count). The minimum Gasteiger partial charge on any atom is -0.439 e. The summed E-state index contributed by atoms with van der Waals surface area (Å²) < 4.78 is 6.69. The van der Waals surface area contributed by atoms with Crippen molar-refractivity contribution >= 4 is 15.9 Å². The molecule has 0 fully saturated rings. The summed E-state index contributed by atoms with van der Waals surface area (Å²) >= 11 is 3.44. The highest BCUT2D eigenvalue weighted by Crippen LogP contribution is 2.30. The Labute approximate surface area is 133 Å². The van der Waals surface area contributed by atoms with Crippen LogP contribution in [-0.4, -0.2) is 9.97 Å². The van der Waals surface area contributed by atoms with Gasteiger partial charge in [-0.15, -0.1) is 0 Å². The average molecular weight is 347 g/mol. The number of fused-ring (bicyclic) bond motifs is 1. The summed E-state index contributed by atoms with van der Waals surface area (Å²) in [4.78, 5) is 8.96. The fourth-order valence-electron chi connectivity index (χ4n) is 2.52. The van der Waals surface area contributed by atoms with Crippen molar-refractivity contribution in [2.45, 2.75) is 45.4 Å². The SMILES string of the molecule is CC(C)(C)c1nc(Br)cc(Oc2ccc3c(c2)CCC3)n1. The summed E-state index contributed by atoms with van der Waals surface area (Å²) in [6, 6.07) is 8.13. The van der Waals surface area contributed by atoms with Crippen LogP contribution in [0.15, 0.2) is 28.9 Å². The Hall–Kier alpha value is -1.42. The van der Waals surface area contributed by atoms with Crippen molar-refractivity contribution in [1.82, 2.24) is 9.97 Å². The second-order valence-electron chi connectivity index (χ2n) is 6.49. The number of halogens is 1. The van der Waals surface area contributed by atoms with E-state index in [9.17, 15) is 0 Å². The lowest BCUT2D eigenvalue weighted by Gasteiger charge is -2.17. The van der Waals surface area contributed by atoms with Gasteiger partial charge >= 0.3 is 0 Å². The van der Waals surface area contributed by atoms with E-state index in [0.717, 1.165) is 22.6 Å². The second-order valence-corrected chi connectivity index (χ2v) is 7.30. The molecule has 4 heteroatoms. The summed E-state index contributed by atoms with van der Waals surface area (Å²) in [5.41, 5.74) is 2.73. The van der Waals surface area contributed by atoms with Crippen molar-refractivity contribution in [1.29, 1.82) is 0 Å². The molecule has 0 saturated heterocycles. The highest BCUT2D eigenvalue weighted by molar-refractivity contribution is 9.10. The van der Waals surface area contributed by atoms with Crippen molar-refractivity contribution < 1.29 is 4.74 Å². The van der Waals surface area contributed by atoms with Crippen LogP contribution < -0.4 is 4.74 Å². The summed E-state index contributed by atoms with van der Waals surface area (Å²) in [5, 5.41) is 0. The van der Waals surface area contributed by atoms with E-state index in [1.54, 1.807) is 0 Å². The minimum absolute atomic E-state index is 0.111. The number of aromatic nitrogens is 2. The normalized spacial score (nSPS) is 14.1. The molecule has 0 saturated carbocycles. The van der Waals surface area contributed by atoms with Gasteiger partial charge < -0.3 is 4.74 Å². The van der Waals surface area contributed by atoms with E-state index in [1.807, 2.05) is 12.1 Å². The molecule has 0 radical (unpaired) electrons. The molecular weight excluding hydrogens is 328 g/mol. The Morgan fingerprint density at radius 2 is 1.81 bits per heavy atom. The number of rotatable bonds is 2. The molecule has 1 aliphatic rings. The zero-order valence-electron chi connectivity index (χ0n) is 12.6. The lowest BCUT2D eigenvalue weighted by molar-refractivity contribution is 0.444. The van der Waals surface area contributed by atoms with Gasteiger partial charge in [-0.2, -0.15) is 4.98 Å². The van der Waals surface area contributed by atoms with Crippen molar-refractivity contribution in [2.75, 3.05) is 0 Å². The molecule has 1 aliphatic carbocycles. The topological polar surface area (TPSA) is 35.0 Å². The number of hydrogen-bond donors (Lipinski definition) is 0. The van der Waals surface area contributed by atoms with E-state index in [-0.39, 0.29) is 5.41 Å². The van der Waals surface area contributed by atoms with Crippen LogP contribution in [0.2, 0.25) is 0 Å². The smallest absolute Gasteiger partial charge is 0.223 e. The van der Waals surface area contributed by atoms with Crippen LogP contribution in [-0.2, 0) is 18.3 Å². The van der Waals surface area contributed by atoms with Gasteiger partial charge in [0.15, 0.2) is 0 Å². The molecular formula is C17H19BrN2O. The van der Waals surface area contributed by atoms with Gasteiger partial charge in [0, 0.05) is 11.5 Å². The van der Waals surface area contributed by atoms with Crippen molar-refractivity contribution in [3.05, 3.63) is 45.8 Å². The van der Waals surface area contributed by atoms with Crippen molar-refractivity contribution in [3.63, 3.8) is 0 Å². The molecule has 0 aliphatic heterocycles. The molecule has 2 aromatic rings. The maximum atomic E-state index is 5.94. The first kappa shape index (κ1) is 14.5. The third-order valence-electron chi connectivity index (χ3n) is 3.63. The van der Waals surface area contributed by atoms with E-state index in [2.05, 4.69) is 58.8 Å². The van der Waals surface area contributed by atoms with Gasteiger partial charge in [-0.1, -0.05) is 26.8 Å². The highest BCUT2D eigenvalue weighted by Gasteiger charge is 2.19. The number of benzene rings is 1. The molecule has 21 heavy (non-hydrogen) atoms. The number of aryl methyl sites for hydroxylation is 2. The zero-order valence-corrected chi connectivity index (χ0v) is 14.2. The second kappa shape index (κ2) is 5.41. The Bertz CT molecular complexity index is 677. The molecule has 3 nitrogen and oxygen atoms in total. The van der Waals surface area contributed by atoms with E-state index >= 15 is 0 Å². The Kier molecular flexibility index (Phi) is 3.74. The van der Waals surface area contributed by atoms with Crippen LogP contribution in [0.5, 0.6) is 11.6 Å². The maximum absolute atomic E-state index is 5.94. The number of nitrogens with zero attached hydrogens (tertiary/aromatic N) is 2. The van der Waals surface area contributed by atoms with E-state index < -0.39 is 0 Å². The molecule has 0 amide bonds. The lowest BCUT2D eigenvalue weighted by Crippen LogP contribution is -2.16. The monoisotopic (exact) mass is 346 g/mol. The fourth-order valence-corrected chi connectivity index (χ4v) is 2.88. The van der Waals surface area contributed by atoms with Gasteiger partial charge in [0.2, 0.25) is 5.88 Å². The average Bonchev–Trinajstić information content (AvgIpc) is 2.84. The van der Waals surface area contributed by atoms with Crippen LogP contribution in [0.4, 0.5) is 0 Å². The Morgan fingerprint density at radius 1 is 1.05 bits per heavy atom. The number of hydrogen-bond acceptors (Lipinski definition) is 3.